The summed E-state index contributed by atoms with van der Waals surface area (Å²) < 4.78 is 0. The molecular formula is C11H13Cl2NO2. The van der Waals surface area contributed by atoms with Crippen molar-refractivity contribution >= 4 is 29.1 Å². The van der Waals surface area contributed by atoms with Crippen LogP contribution in [-0.2, 0) is 0 Å². The molecule has 3 nitrogen and oxygen atoms in total. The summed E-state index contributed by atoms with van der Waals surface area (Å²) in [5.41, 5.74) is 0.419. The molecule has 1 rings (SSSR count). The van der Waals surface area contributed by atoms with Gasteiger partial charge in [-0.05, 0) is 24.1 Å². The number of rotatable bonds is 4. The summed E-state index contributed by atoms with van der Waals surface area (Å²) in [7, 11) is 0. The summed E-state index contributed by atoms with van der Waals surface area (Å²) in [6.07, 6.45) is 0. The minimum absolute atomic E-state index is 0.0265. The first kappa shape index (κ1) is 13.3. The quantitative estimate of drug-likeness (QED) is 0.875. The zero-order chi connectivity index (χ0) is 12.1. The summed E-state index contributed by atoms with van der Waals surface area (Å²) in [5.74, 6) is -0.219. The van der Waals surface area contributed by atoms with Crippen LogP contribution in [0.25, 0.3) is 0 Å². The van der Waals surface area contributed by atoms with Crippen LogP contribution < -0.4 is 5.32 Å². The van der Waals surface area contributed by atoms with E-state index in [-0.39, 0.29) is 18.4 Å². The van der Waals surface area contributed by atoms with Gasteiger partial charge in [0.1, 0.15) is 0 Å². The Labute approximate surface area is 104 Å². The van der Waals surface area contributed by atoms with E-state index in [9.17, 15) is 4.79 Å². The highest BCUT2D eigenvalue weighted by molar-refractivity contribution is 6.35. The first-order valence-electron chi connectivity index (χ1n) is 4.88. The molecule has 2 N–H and O–H groups in total. The molecule has 1 aromatic carbocycles. The Kier molecular flexibility index (Phi) is 5.06. The number of aliphatic hydroxyl groups is 1. The van der Waals surface area contributed by atoms with E-state index in [2.05, 4.69) is 5.32 Å². The van der Waals surface area contributed by atoms with Gasteiger partial charge in [0.2, 0.25) is 0 Å². The van der Waals surface area contributed by atoms with Crippen molar-refractivity contribution in [2.45, 2.75) is 6.92 Å². The smallest absolute Gasteiger partial charge is 0.251 e. The molecule has 1 unspecified atom stereocenters. The van der Waals surface area contributed by atoms with Gasteiger partial charge >= 0.3 is 0 Å². The van der Waals surface area contributed by atoms with Crippen LogP contribution in [0.2, 0.25) is 10.0 Å². The number of hydrogen-bond acceptors (Lipinski definition) is 2. The van der Waals surface area contributed by atoms with Crippen molar-refractivity contribution in [3.05, 3.63) is 33.8 Å². The Morgan fingerprint density at radius 2 is 1.94 bits per heavy atom. The zero-order valence-corrected chi connectivity index (χ0v) is 10.3. The van der Waals surface area contributed by atoms with Crippen LogP contribution in [0.4, 0.5) is 0 Å². The van der Waals surface area contributed by atoms with Gasteiger partial charge in [-0.25, -0.2) is 0 Å². The lowest BCUT2D eigenvalue weighted by atomic mass is 10.1. The minimum Gasteiger partial charge on any atom is -0.396 e. The molecule has 16 heavy (non-hydrogen) atoms. The molecule has 0 heterocycles. The fourth-order valence-corrected chi connectivity index (χ4v) is 1.64. The lowest BCUT2D eigenvalue weighted by molar-refractivity contribution is 0.0942. The fourth-order valence-electron chi connectivity index (χ4n) is 1.12. The topological polar surface area (TPSA) is 49.3 Å². The van der Waals surface area contributed by atoms with E-state index in [0.717, 1.165) is 0 Å². The van der Waals surface area contributed by atoms with E-state index in [4.69, 9.17) is 28.3 Å². The average molecular weight is 262 g/mol. The molecule has 88 valence electrons. The Balaban J connectivity index is 2.66. The second-order valence-electron chi connectivity index (χ2n) is 3.66. The number of carbonyl (C=O) groups excluding carboxylic acids is 1. The molecule has 0 fully saturated rings. The lowest BCUT2D eigenvalue weighted by Crippen LogP contribution is -2.29. The third kappa shape index (κ3) is 4.00. The Bertz CT molecular complexity index is 362. The molecular weight excluding hydrogens is 249 g/mol. The molecule has 0 saturated carbocycles. The van der Waals surface area contributed by atoms with Gasteiger partial charge in [-0.15, -0.1) is 0 Å². The number of benzene rings is 1. The second-order valence-corrected chi connectivity index (χ2v) is 4.53. The van der Waals surface area contributed by atoms with Crippen LogP contribution in [0.1, 0.15) is 17.3 Å². The highest BCUT2D eigenvalue weighted by Crippen LogP contribution is 2.18. The second kappa shape index (κ2) is 6.09. The molecule has 0 aromatic heterocycles. The van der Waals surface area contributed by atoms with Gasteiger partial charge in [0, 0.05) is 28.8 Å². The van der Waals surface area contributed by atoms with Crippen molar-refractivity contribution in [3.8, 4) is 0 Å². The highest BCUT2D eigenvalue weighted by atomic mass is 35.5. The van der Waals surface area contributed by atoms with Crippen molar-refractivity contribution in [2.24, 2.45) is 5.92 Å². The van der Waals surface area contributed by atoms with Crippen LogP contribution in [0.3, 0.4) is 0 Å². The van der Waals surface area contributed by atoms with Crippen molar-refractivity contribution in [1.82, 2.24) is 5.32 Å². The van der Waals surface area contributed by atoms with Gasteiger partial charge in [-0.2, -0.15) is 0 Å². The Hall–Kier alpha value is -0.770. The van der Waals surface area contributed by atoms with E-state index in [1.807, 2.05) is 6.92 Å². The number of aliphatic hydroxyl groups excluding tert-OH is 1. The maximum atomic E-state index is 11.7. The number of halogens is 2. The average Bonchev–Trinajstić information content (AvgIpc) is 2.23. The van der Waals surface area contributed by atoms with Gasteiger partial charge in [0.25, 0.3) is 5.91 Å². The summed E-state index contributed by atoms with van der Waals surface area (Å²) in [4.78, 5) is 11.7. The number of carbonyl (C=O) groups is 1. The molecule has 1 atom stereocenters. The maximum Gasteiger partial charge on any atom is 0.251 e. The van der Waals surface area contributed by atoms with Gasteiger partial charge in [-0.1, -0.05) is 30.1 Å². The first-order valence-corrected chi connectivity index (χ1v) is 5.63. The van der Waals surface area contributed by atoms with Crippen LogP contribution in [-0.4, -0.2) is 24.2 Å². The molecule has 0 aliphatic rings. The van der Waals surface area contributed by atoms with E-state index in [1.54, 1.807) is 18.2 Å². The standard InChI is InChI=1S/C11H13Cl2NO2/c1-7(6-15)5-14-11(16)8-2-9(12)4-10(13)3-8/h2-4,7,15H,5-6H2,1H3,(H,14,16). The van der Waals surface area contributed by atoms with Crippen LogP contribution in [0.15, 0.2) is 18.2 Å². The van der Waals surface area contributed by atoms with Gasteiger partial charge in [0.15, 0.2) is 0 Å². The van der Waals surface area contributed by atoms with E-state index >= 15 is 0 Å². The maximum absolute atomic E-state index is 11.7. The predicted molar refractivity (Wildman–Crippen MR) is 65.0 cm³/mol. The van der Waals surface area contributed by atoms with E-state index < -0.39 is 0 Å². The molecule has 0 radical (unpaired) electrons. The molecule has 0 aliphatic carbocycles. The van der Waals surface area contributed by atoms with Crippen molar-refractivity contribution in [1.29, 1.82) is 0 Å². The van der Waals surface area contributed by atoms with Gasteiger partial charge < -0.3 is 10.4 Å². The monoisotopic (exact) mass is 261 g/mol. The number of hydrogen-bond donors (Lipinski definition) is 2. The summed E-state index contributed by atoms with van der Waals surface area (Å²) in [5, 5.41) is 12.3. The third-order valence-electron chi connectivity index (χ3n) is 2.05. The summed E-state index contributed by atoms with van der Waals surface area (Å²) in [6, 6.07) is 4.66. The van der Waals surface area contributed by atoms with Crippen molar-refractivity contribution in [3.63, 3.8) is 0 Å². The third-order valence-corrected chi connectivity index (χ3v) is 2.48. The van der Waals surface area contributed by atoms with Crippen LogP contribution >= 0.6 is 23.2 Å². The van der Waals surface area contributed by atoms with Crippen molar-refractivity contribution in [2.75, 3.05) is 13.2 Å². The first-order chi connectivity index (χ1) is 7.52. The minimum atomic E-state index is -0.246. The van der Waals surface area contributed by atoms with Crippen LogP contribution in [0.5, 0.6) is 0 Å². The molecule has 5 heteroatoms. The van der Waals surface area contributed by atoms with Crippen molar-refractivity contribution < 1.29 is 9.90 Å². The Morgan fingerprint density at radius 3 is 2.44 bits per heavy atom. The largest absolute Gasteiger partial charge is 0.396 e. The fraction of sp³-hybridized carbons (Fsp3) is 0.364. The van der Waals surface area contributed by atoms with E-state index in [1.165, 1.54) is 0 Å². The number of amides is 1. The molecule has 0 saturated heterocycles. The van der Waals surface area contributed by atoms with Crippen LogP contribution in [0, 0.1) is 5.92 Å². The highest BCUT2D eigenvalue weighted by Gasteiger charge is 2.08. The summed E-state index contributed by atoms with van der Waals surface area (Å²) >= 11 is 11.6. The molecule has 0 bridgehead atoms. The molecule has 0 aliphatic heterocycles. The SMILES string of the molecule is CC(CO)CNC(=O)c1cc(Cl)cc(Cl)c1. The lowest BCUT2D eigenvalue weighted by Gasteiger charge is -2.09. The predicted octanol–water partition coefficient (Wildman–Crippen LogP) is 2.35. The van der Waals surface area contributed by atoms with E-state index in [0.29, 0.717) is 22.2 Å². The molecule has 1 amide bonds. The normalized spacial score (nSPS) is 12.2. The molecule has 0 spiro atoms. The zero-order valence-electron chi connectivity index (χ0n) is 8.84. The van der Waals surface area contributed by atoms with Gasteiger partial charge in [0.05, 0.1) is 0 Å². The summed E-state index contributed by atoms with van der Waals surface area (Å²) in [6.45, 7) is 2.29. The molecule has 1 aromatic rings. The Morgan fingerprint density at radius 1 is 1.38 bits per heavy atom. The van der Waals surface area contributed by atoms with Gasteiger partial charge in [-0.3, -0.25) is 4.79 Å². The number of nitrogens with one attached hydrogen (secondary N) is 1.